The fourth-order valence-corrected chi connectivity index (χ4v) is 3.31. The lowest BCUT2D eigenvalue weighted by Gasteiger charge is -2.26. The first-order valence-corrected chi connectivity index (χ1v) is 10.1. The molecular weight excluding hydrogens is 390 g/mol. The van der Waals surface area contributed by atoms with E-state index in [-0.39, 0.29) is 19.6 Å². The zero-order valence-electron chi connectivity index (χ0n) is 17.3. The van der Waals surface area contributed by atoms with Crippen LogP contribution in [-0.4, -0.2) is 54.0 Å². The summed E-state index contributed by atoms with van der Waals surface area (Å²) in [6.45, 7) is 3.99. The first-order valence-electron chi connectivity index (χ1n) is 10.1. The van der Waals surface area contributed by atoms with E-state index in [1.807, 2.05) is 30.3 Å². The minimum atomic E-state index is -1.04. The number of nitrogens with two attached hydrogens (primary N) is 1. The Hall–Kier alpha value is -3.10. The van der Waals surface area contributed by atoms with Gasteiger partial charge < -0.3 is 20.5 Å². The monoisotopic (exact) mass is 419 g/mol. The van der Waals surface area contributed by atoms with Gasteiger partial charge in [0.25, 0.3) is 0 Å². The van der Waals surface area contributed by atoms with Gasteiger partial charge in [-0.2, -0.15) is 0 Å². The average Bonchev–Trinajstić information content (AvgIpc) is 3.22. The van der Waals surface area contributed by atoms with E-state index < -0.39 is 41.9 Å². The van der Waals surface area contributed by atoms with E-state index in [9.17, 15) is 19.2 Å². The normalized spacial score (nSPS) is 17.7. The van der Waals surface area contributed by atoms with Gasteiger partial charge in [0.15, 0.2) is 0 Å². The van der Waals surface area contributed by atoms with Gasteiger partial charge in [-0.25, -0.2) is 4.79 Å². The summed E-state index contributed by atoms with van der Waals surface area (Å²) in [6.07, 6.45) is 0.516. The number of amides is 3. The van der Waals surface area contributed by atoms with Crippen molar-refractivity contribution in [2.24, 2.45) is 11.7 Å². The molecule has 1 aromatic carbocycles. The van der Waals surface area contributed by atoms with Gasteiger partial charge in [0.05, 0.1) is 12.5 Å². The van der Waals surface area contributed by atoms with Crippen molar-refractivity contribution in [1.29, 1.82) is 0 Å². The van der Waals surface area contributed by atoms with Crippen molar-refractivity contribution in [3.05, 3.63) is 35.9 Å². The molecule has 1 saturated heterocycles. The van der Waals surface area contributed by atoms with Gasteiger partial charge in [-0.3, -0.25) is 19.3 Å². The second-order valence-corrected chi connectivity index (χ2v) is 7.24. The second-order valence-electron chi connectivity index (χ2n) is 7.24. The first-order chi connectivity index (χ1) is 14.3. The van der Waals surface area contributed by atoms with Crippen LogP contribution in [0.3, 0.4) is 0 Å². The molecule has 0 unspecified atom stereocenters. The van der Waals surface area contributed by atoms with Crippen molar-refractivity contribution < 1.29 is 28.7 Å². The highest BCUT2D eigenvalue weighted by Crippen LogP contribution is 2.20. The molecule has 1 fully saturated rings. The standard InChI is InChI=1S/C21H29N3O6/c1-3-29-20(27)14(2)12-16(18(22)25)23-19(26)17-10-7-11-24(17)21(28)30-13-15-8-5-4-6-9-15/h4-6,8-9,14,16-17H,3,7,10-13H2,1-2H3,(H2,22,25)(H,23,26)/t14-,16+,17+/m0/s1. The Kier molecular flexibility index (Phi) is 8.64. The molecule has 0 spiro atoms. The van der Waals surface area contributed by atoms with Gasteiger partial charge in [-0.1, -0.05) is 37.3 Å². The summed E-state index contributed by atoms with van der Waals surface area (Å²) < 4.78 is 10.2. The molecule has 30 heavy (non-hydrogen) atoms. The number of likely N-dealkylation sites (tertiary alicyclic amines) is 1. The van der Waals surface area contributed by atoms with Crippen LogP contribution in [0.25, 0.3) is 0 Å². The molecule has 1 aliphatic rings. The Bertz CT molecular complexity index is 754. The van der Waals surface area contributed by atoms with Crippen LogP contribution >= 0.6 is 0 Å². The molecule has 0 aromatic heterocycles. The van der Waals surface area contributed by atoms with E-state index in [4.69, 9.17) is 15.2 Å². The van der Waals surface area contributed by atoms with E-state index >= 15 is 0 Å². The van der Waals surface area contributed by atoms with Crippen LogP contribution in [0.4, 0.5) is 4.79 Å². The molecule has 3 amide bonds. The number of nitrogens with zero attached hydrogens (tertiary/aromatic N) is 1. The summed E-state index contributed by atoms with van der Waals surface area (Å²) in [5.74, 6) is -2.33. The van der Waals surface area contributed by atoms with Crippen molar-refractivity contribution in [3.8, 4) is 0 Å². The first kappa shape index (κ1) is 23.2. The van der Waals surface area contributed by atoms with Crippen LogP contribution < -0.4 is 11.1 Å². The zero-order valence-corrected chi connectivity index (χ0v) is 17.3. The summed E-state index contributed by atoms with van der Waals surface area (Å²) in [5.41, 5.74) is 6.24. The molecule has 9 nitrogen and oxygen atoms in total. The molecule has 2 rings (SSSR count). The fraction of sp³-hybridized carbons (Fsp3) is 0.524. The predicted octanol–water partition coefficient (Wildman–Crippen LogP) is 1.35. The van der Waals surface area contributed by atoms with Crippen LogP contribution in [0.15, 0.2) is 30.3 Å². The summed E-state index contributed by atoms with van der Waals surface area (Å²) in [7, 11) is 0. The van der Waals surface area contributed by atoms with E-state index in [0.29, 0.717) is 19.4 Å². The lowest BCUT2D eigenvalue weighted by atomic mass is 10.0. The van der Waals surface area contributed by atoms with Gasteiger partial charge in [0, 0.05) is 6.54 Å². The topological polar surface area (TPSA) is 128 Å². The number of hydrogen-bond donors (Lipinski definition) is 2. The molecule has 0 saturated carbocycles. The molecule has 0 bridgehead atoms. The Balaban J connectivity index is 1.94. The van der Waals surface area contributed by atoms with Gasteiger partial charge in [-0.05, 0) is 31.7 Å². The van der Waals surface area contributed by atoms with Crippen molar-refractivity contribution in [2.75, 3.05) is 13.2 Å². The Labute approximate surface area is 175 Å². The Morgan fingerprint density at radius 3 is 2.53 bits per heavy atom. The Morgan fingerprint density at radius 2 is 1.90 bits per heavy atom. The number of rotatable bonds is 9. The maximum absolute atomic E-state index is 12.7. The molecule has 1 aromatic rings. The third kappa shape index (κ3) is 6.47. The van der Waals surface area contributed by atoms with Gasteiger partial charge in [0.1, 0.15) is 18.7 Å². The van der Waals surface area contributed by atoms with Crippen LogP contribution in [-0.2, 0) is 30.5 Å². The smallest absolute Gasteiger partial charge is 0.410 e. The Morgan fingerprint density at radius 1 is 1.20 bits per heavy atom. The van der Waals surface area contributed by atoms with Crippen LogP contribution in [0.1, 0.15) is 38.7 Å². The van der Waals surface area contributed by atoms with Crippen molar-refractivity contribution in [3.63, 3.8) is 0 Å². The predicted molar refractivity (Wildman–Crippen MR) is 108 cm³/mol. The number of hydrogen-bond acceptors (Lipinski definition) is 6. The molecule has 9 heteroatoms. The van der Waals surface area contributed by atoms with Crippen LogP contribution in [0.2, 0.25) is 0 Å². The maximum atomic E-state index is 12.7. The summed E-state index contributed by atoms with van der Waals surface area (Å²) in [4.78, 5) is 50.2. The van der Waals surface area contributed by atoms with Crippen LogP contribution in [0, 0.1) is 5.92 Å². The molecule has 3 atom stereocenters. The third-order valence-electron chi connectivity index (χ3n) is 4.93. The quantitative estimate of drug-likeness (QED) is 0.582. The summed E-state index contributed by atoms with van der Waals surface area (Å²) in [5, 5.41) is 2.57. The number of ether oxygens (including phenoxy) is 2. The highest BCUT2D eigenvalue weighted by atomic mass is 16.6. The number of nitrogens with one attached hydrogen (secondary N) is 1. The minimum Gasteiger partial charge on any atom is -0.466 e. The number of primary amides is 1. The average molecular weight is 419 g/mol. The van der Waals surface area contributed by atoms with Gasteiger partial charge in [-0.15, -0.1) is 0 Å². The number of benzene rings is 1. The SMILES string of the molecule is CCOC(=O)[C@@H](C)C[C@@H](NC(=O)[C@H]1CCCN1C(=O)OCc1ccccc1)C(N)=O. The highest BCUT2D eigenvalue weighted by Gasteiger charge is 2.37. The van der Waals surface area contributed by atoms with E-state index in [1.165, 1.54) is 4.90 Å². The maximum Gasteiger partial charge on any atom is 0.410 e. The van der Waals surface area contributed by atoms with Crippen molar-refractivity contribution >= 4 is 23.9 Å². The molecular formula is C21H29N3O6. The molecule has 0 radical (unpaired) electrons. The number of carbonyl (C=O) groups is 4. The van der Waals surface area contributed by atoms with Crippen molar-refractivity contribution in [2.45, 2.75) is 51.8 Å². The second kappa shape index (κ2) is 11.2. The third-order valence-corrected chi connectivity index (χ3v) is 4.93. The molecule has 0 aliphatic carbocycles. The minimum absolute atomic E-state index is 0.0189. The lowest BCUT2D eigenvalue weighted by Crippen LogP contribution is -2.53. The molecule has 3 N–H and O–H groups in total. The fourth-order valence-electron chi connectivity index (χ4n) is 3.31. The molecule has 1 aliphatic heterocycles. The van der Waals surface area contributed by atoms with E-state index in [0.717, 1.165) is 5.56 Å². The molecule has 1 heterocycles. The van der Waals surface area contributed by atoms with E-state index in [2.05, 4.69) is 5.32 Å². The molecule has 164 valence electrons. The summed E-state index contributed by atoms with van der Waals surface area (Å²) in [6, 6.07) is 7.43. The lowest BCUT2D eigenvalue weighted by molar-refractivity contribution is -0.148. The van der Waals surface area contributed by atoms with Crippen molar-refractivity contribution in [1.82, 2.24) is 10.2 Å². The highest BCUT2D eigenvalue weighted by molar-refractivity contribution is 5.91. The number of carbonyl (C=O) groups excluding carboxylic acids is 4. The van der Waals surface area contributed by atoms with Gasteiger partial charge >= 0.3 is 12.1 Å². The van der Waals surface area contributed by atoms with E-state index in [1.54, 1.807) is 13.8 Å². The zero-order chi connectivity index (χ0) is 22.1. The van der Waals surface area contributed by atoms with Gasteiger partial charge in [0.2, 0.25) is 11.8 Å². The van der Waals surface area contributed by atoms with Crippen LogP contribution in [0.5, 0.6) is 0 Å². The summed E-state index contributed by atoms with van der Waals surface area (Å²) >= 11 is 0. The number of esters is 1. The largest absolute Gasteiger partial charge is 0.466 e.